The number of nitrogens with zero attached hydrogens (tertiary/aromatic N) is 1. The maximum Gasteiger partial charge on any atom is 0.240 e. The molecule has 22 heavy (non-hydrogen) atoms. The molecule has 5 heteroatoms. The van der Waals surface area contributed by atoms with Gasteiger partial charge < -0.3 is 15.0 Å². The highest BCUT2D eigenvalue weighted by molar-refractivity contribution is 6.10. The van der Waals surface area contributed by atoms with Crippen molar-refractivity contribution in [2.75, 3.05) is 24.6 Å². The molecule has 0 aromatic heterocycles. The second-order valence-corrected chi connectivity index (χ2v) is 6.47. The predicted octanol–water partition coefficient (Wildman–Crippen LogP) is 1.61. The van der Waals surface area contributed by atoms with E-state index in [0.717, 1.165) is 30.7 Å². The van der Waals surface area contributed by atoms with Crippen LogP contribution in [0.4, 0.5) is 5.69 Å². The zero-order valence-electron chi connectivity index (χ0n) is 13.1. The number of hydrogen-bond acceptors (Lipinski definition) is 3. The van der Waals surface area contributed by atoms with Gasteiger partial charge in [-0.2, -0.15) is 0 Å². The summed E-state index contributed by atoms with van der Waals surface area (Å²) >= 11 is 0. The molecule has 1 N–H and O–H groups in total. The standard InChI is InChI=1S/C17H22N2O3/c1-17(2)13-7-3-4-8-14(13)19(16(17)21)11-15(20)18-10-12-6-5-9-22-12/h3-4,7-8,12H,5-6,9-11H2,1-2H3,(H,18,20)/t12-/m0/s1. The van der Waals surface area contributed by atoms with Crippen molar-refractivity contribution in [3.63, 3.8) is 0 Å². The summed E-state index contributed by atoms with van der Waals surface area (Å²) in [6, 6.07) is 7.67. The lowest BCUT2D eigenvalue weighted by molar-refractivity contribution is -0.125. The topological polar surface area (TPSA) is 58.6 Å². The Hall–Kier alpha value is -1.88. The molecule has 0 bridgehead atoms. The summed E-state index contributed by atoms with van der Waals surface area (Å²) in [6.45, 7) is 5.15. The third kappa shape index (κ3) is 2.61. The van der Waals surface area contributed by atoms with E-state index in [1.54, 1.807) is 4.90 Å². The highest BCUT2D eigenvalue weighted by Gasteiger charge is 2.44. The summed E-state index contributed by atoms with van der Waals surface area (Å²) in [4.78, 5) is 26.3. The molecule has 1 atom stereocenters. The summed E-state index contributed by atoms with van der Waals surface area (Å²) in [7, 11) is 0. The fraction of sp³-hybridized carbons (Fsp3) is 0.529. The van der Waals surface area contributed by atoms with Gasteiger partial charge in [-0.05, 0) is 38.3 Å². The van der Waals surface area contributed by atoms with Crippen molar-refractivity contribution in [3.8, 4) is 0 Å². The van der Waals surface area contributed by atoms with Gasteiger partial charge in [0.2, 0.25) is 11.8 Å². The van der Waals surface area contributed by atoms with Gasteiger partial charge in [0.1, 0.15) is 6.54 Å². The second kappa shape index (κ2) is 5.72. The van der Waals surface area contributed by atoms with Crippen molar-refractivity contribution in [3.05, 3.63) is 29.8 Å². The van der Waals surface area contributed by atoms with E-state index < -0.39 is 5.41 Å². The van der Waals surface area contributed by atoms with Gasteiger partial charge in [0.15, 0.2) is 0 Å². The normalized spacial score (nSPS) is 22.7. The maximum absolute atomic E-state index is 12.6. The zero-order chi connectivity index (χ0) is 15.7. The molecule has 2 amide bonds. The lowest BCUT2D eigenvalue weighted by Gasteiger charge is -2.20. The van der Waals surface area contributed by atoms with Gasteiger partial charge in [0, 0.05) is 18.8 Å². The lowest BCUT2D eigenvalue weighted by atomic mass is 9.86. The number of nitrogens with one attached hydrogen (secondary N) is 1. The van der Waals surface area contributed by atoms with Crippen molar-refractivity contribution < 1.29 is 14.3 Å². The molecule has 3 rings (SSSR count). The number of amides is 2. The van der Waals surface area contributed by atoms with Crippen LogP contribution in [-0.4, -0.2) is 37.6 Å². The molecule has 0 radical (unpaired) electrons. The van der Waals surface area contributed by atoms with Gasteiger partial charge in [0.05, 0.1) is 11.5 Å². The van der Waals surface area contributed by atoms with Gasteiger partial charge in [0.25, 0.3) is 0 Å². The minimum atomic E-state index is -0.578. The minimum absolute atomic E-state index is 0.0269. The summed E-state index contributed by atoms with van der Waals surface area (Å²) in [5.74, 6) is -0.169. The number of carbonyl (C=O) groups excluding carboxylic acids is 2. The number of hydrogen-bond donors (Lipinski definition) is 1. The summed E-state index contributed by atoms with van der Waals surface area (Å²) in [6.07, 6.45) is 2.15. The largest absolute Gasteiger partial charge is 0.376 e. The quantitative estimate of drug-likeness (QED) is 0.919. The first kappa shape index (κ1) is 15.0. The van der Waals surface area contributed by atoms with Crippen LogP contribution in [0.2, 0.25) is 0 Å². The summed E-state index contributed by atoms with van der Waals surface area (Å²) in [5, 5.41) is 2.87. The van der Waals surface area contributed by atoms with Crippen LogP contribution in [0.1, 0.15) is 32.3 Å². The summed E-state index contributed by atoms with van der Waals surface area (Å²) in [5.41, 5.74) is 1.24. The van der Waals surface area contributed by atoms with E-state index in [4.69, 9.17) is 4.74 Å². The van der Waals surface area contributed by atoms with Crippen molar-refractivity contribution in [1.82, 2.24) is 5.32 Å². The monoisotopic (exact) mass is 302 g/mol. The Balaban J connectivity index is 1.67. The van der Waals surface area contributed by atoms with Crippen LogP contribution in [-0.2, 0) is 19.7 Å². The Morgan fingerprint density at radius 3 is 2.91 bits per heavy atom. The number of ether oxygens (including phenoxy) is 1. The third-order valence-corrected chi connectivity index (χ3v) is 4.50. The highest BCUT2D eigenvalue weighted by Crippen LogP contribution is 2.40. The number of rotatable bonds is 4. The molecule has 0 unspecified atom stereocenters. The van der Waals surface area contributed by atoms with Crippen LogP contribution in [0.3, 0.4) is 0 Å². The highest BCUT2D eigenvalue weighted by atomic mass is 16.5. The first-order chi connectivity index (χ1) is 10.5. The molecule has 1 aromatic rings. The molecular weight excluding hydrogens is 280 g/mol. The maximum atomic E-state index is 12.6. The Morgan fingerprint density at radius 2 is 2.18 bits per heavy atom. The SMILES string of the molecule is CC1(C)C(=O)N(CC(=O)NC[C@@H]2CCCO2)c2ccccc21. The molecule has 1 saturated heterocycles. The fourth-order valence-corrected chi connectivity index (χ4v) is 3.19. The average Bonchev–Trinajstić information content (AvgIpc) is 3.08. The molecule has 5 nitrogen and oxygen atoms in total. The van der Waals surface area contributed by atoms with Crippen molar-refractivity contribution in [2.24, 2.45) is 0 Å². The van der Waals surface area contributed by atoms with Crippen LogP contribution < -0.4 is 10.2 Å². The van der Waals surface area contributed by atoms with E-state index in [-0.39, 0.29) is 24.5 Å². The van der Waals surface area contributed by atoms with E-state index >= 15 is 0 Å². The molecule has 2 aliphatic heterocycles. The van der Waals surface area contributed by atoms with E-state index in [0.29, 0.717) is 6.54 Å². The van der Waals surface area contributed by atoms with Crippen molar-refractivity contribution in [2.45, 2.75) is 38.2 Å². The van der Waals surface area contributed by atoms with E-state index in [1.807, 2.05) is 38.1 Å². The Kier molecular flexibility index (Phi) is 3.91. The van der Waals surface area contributed by atoms with Gasteiger partial charge in [-0.25, -0.2) is 0 Å². The van der Waals surface area contributed by atoms with Gasteiger partial charge in [-0.3, -0.25) is 9.59 Å². The van der Waals surface area contributed by atoms with Crippen LogP contribution in [0.15, 0.2) is 24.3 Å². The van der Waals surface area contributed by atoms with Crippen LogP contribution in [0, 0.1) is 0 Å². The van der Waals surface area contributed by atoms with Crippen LogP contribution >= 0.6 is 0 Å². The molecule has 0 saturated carbocycles. The number of benzene rings is 1. The number of anilines is 1. The molecule has 0 spiro atoms. The summed E-state index contributed by atoms with van der Waals surface area (Å²) < 4.78 is 5.49. The van der Waals surface area contributed by atoms with Gasteiger partial charge >= 0.3 is 0 Å². The van der Waals surface area contributed by atoms with E-state index in [1.165, 1.54) is 0 Å². The molecule has 118 valence electrons. The Morgan fingerprint density at radius 1 is 1.41 bits per heavy atom. The van der Waals surface area contributed by atoms with Crippen molar-refractivity contribution in [1.29, 1.82) is 0 Å². The zero-order valence-corrected chi connectivity index (χ0v) is 13.1. The Bertz CT molecular complexity index is 591. The van der Waals surface area contributed by atoms with Crippen molar-refractivity contribution >= 4 is 17.5 Å². The van der Waals surface area contributed by atoms with E-state index in [9.17, 15) is 9.59 Å². The average molecular weight is 302 g/mol. The smallest absolute Gasteiger partial charge is 0.240 e. The van der Waals surface area contributed by atoms with Crippen LogP contribution in [0.5, 0.6) is 0 Å². The van der Waals surface area contributed by atoms with Gasteiger partial charge in [-0.1, -0.05) is 18.2 Å². The fourth-order valence-electron chi connectivity index (χ4n) is 3.19. The number of fused-ring (bicyclic) bond motifs is 1. The molecule has 1 aromatic carbocycles. The molecule has 0 aliphatic carbocycles. The number of carbonyl (C=O) groups is 2. The second-order valence-electron chi connectivity index (χ2n) is 6.47. The van der Waals surface area contributed by atoms with Gasteiger partial charge in [-0.15, -0.1) is 0 Å². The van der Waals surface area contributed by atoms with Crippen LogP contribution in [0.25, 0.3) is 0 Å². The first-order valence-electron chi connectivity index (χ1n) is 7.80. The predicted molar refractivity (Wildman–Crippen MR) is 83.8 cm³/mol. The first-order valence-corrected chi connectivity index (χ1v) is 7.80. The van der Waals surface area contributed by atoms with E-state index in [2.05, 4.69) is 5.32 Å². The molecule has 2 heterocycles. The molecular formula is C17H22N2O3. The third-order valence-electron chi connectivity index (χ3n) is 4.50. The minimum Gasteiger partial charge on any atom is -0.376 e. The molecule has 1 fully saturated rings. The Labute approximate surface area is 130 Å². The lowest BCUT2D eigenvalue weighted by Crippen LogP contribution is -2.44. The molecule has 2 aliphatic rings. The number of para-hydroxylation sites is 1.